The summed E-state index contributed by atoms with van der Waals surface area (Å²) in [6.07, 6.45) is 4.31. The van der Waals surface area contributed by atoms with Crippen LogP contribution in [0.1, 0.15) is 32.6 Å². The summed E-state index contributed by atoms with van der Waals surface area (Å²) in [6, 6.07) is -0.0761. The maximum Gasteiger partial charge on any atom is 0.312 e. The number of rotatable bonds is 3. The van der Waals surface area contributed by atoms with Crippen LogP contribution < -0.4 is 5.73 Å². The van der Waals surface area contributed by atoms with Gasteiger partial charge in [0.05, 0.1) is 6.61 Å². The summed E-state index contributed by atoms with van der Waals surface area (Å²) in [5, 5.41) is 7.45. The van der Waals surface area contributed by atoms with E-state index in [0.29, 0.717) is 12.6 Å². The van der Waals surface area contributed by atoms with E-state index in [1.54, 1.807) is 0 Å². The second-order valence-corrected chi connectivity index (χ2v) is 3.67. The van der Waals surface area contributed by atoms with E-state index in [1.165, 1.54) is 0 Å². The first-order valence-electron chi connectivity index (χ1n) is 5.54. The molecule has 16 heavy (non-hydrogen) atoms. The topological polar surface area (TPSA) is 74.7 Å². The molecule has 0 radical (unpaired) electrons. The number of guanidine groups is 1. The first-order valence-corrected chi connectivity index (χ1v) is 5.54. The zero-order chi connectivity index (χ0) is 11.1. The molecule has 1 heterocycles. The minimum Gasteiger partial charge on any atom is -0.464 e. The fraction of sp³-hybridized carbons (Fsp3) is 0.800. The number of ether oxygens (including phenoxy) is 1. The van der Waals surface area contributed by atoms with Crippen molar-refractivity contribution in [2.45, 2.75) is 32.6 Å². The van der Waals surface area contributed by atoms with Crippen molar-refractivity contribution >= 4 is 24.4 Å². The molecule has 0 spiro atoms. The predicted octanol–water partition coefficient (Wildman–Crippen LogP) is 1.57. The molecule has 0 aromatic rings. The van der Waals surface area contributed by atoms with Crippen molar-refractivity contribution in [1.29, 1.82) is 5.41 Å². The average molecular weight is 249 g/mol. The Hall–Kier alpha value is -0.970. The van der Waals surface area contributed by atoms with Gasteiger partial charge in [-0.15, -0.1) is 12.4 Å². The smallest absolute Gasteiger partial charge is 0.312 e. The van der Waals surface area contributed by atoms with Crippen LogP contribution in [0.5, 0.6) is 0 Å². The normalized spacial score (nSPS) is 15.8. The van der Waals surface area contributed by atoms with Gasteiger partial charge in [-0.2, -0.15) is 4.99 Å². The van der Waals surface area contributed by atoms with Crippen LogP contribution in [0, 0.1) is 5.41 Å². The highest BCUT2D eigenvalue weighted by Gasteiger charge is 2.13. The van der Waals surface area contributed by atoms with Crippen LogP contribution in [0.15, 0.2) is 4.99 Å². The molecule has 0 amide bonds. The van der Waals surface area contributed by atoms with Crippen LogP contribution in [0.25, 0.3) is 0 Å². The molecule has 1 aliphatic rings. The van der Waals surface area contributed by atoms with Crippen LogP contribution in [0.3, 0.4) is 0 Å². The third-order valence-electron chi connectivity index (χ3n) is 2.38. The molecule has 1 aliphatic heterocycles. The van der Waals surface area contributed by atoms with Gasteiger partial charge in [0.25, 0.3) is 0 Å². The number of likely N-dealkylation sites (tertiary alicyclic amines) is 1. The summed E-state index contributed by atoms with van der Waals surface area (Å²) >= 11 is 0. The number of unbranched alkanes of at least 4 members (excludes halogenated alkanes) is 1. The van der Waals surface area contributed by atoms with E-state index in [4.69, 9.17) is 15.9 Å². The van der Waals surface area contributed by atoms with E-state index in [9.17, 15) is 0 Å². The van der Waals surface area contributed by atoms with Crippen molar-refractivity contribution < 1.29 is 4.74 Å². The Morgan fingerprint density at radius 2 is 2.06 bits per heavy atom. The van der Waals surface area contributed by atoms with E-state index in [-0.39, 0.29) is 18.4 Å². The highest BCUT2D eigenvalue weighted by Crippen LogP contribution is 2.06. The van der Waals surface area contributed by atoms with E-state index in [0.717, 1.165) is 38.8 Å². The first-order chi connectivity index (χ1) is 7.24. The summed E-state index contributed by atoms with van der Waals surface area (Å²) in [7, 11) is 0. The van der Waals surface area contributed by atoms with Gasteiger partial charge in [0.15, 0.2) is 0 Å². The summed E-state index contributed by atoms with van der Waals surface area (Å²) in [5.41, 5.74) is 5.74. The molecule has 5 nitrogen and oxygen atoms in total. The zero-order valence-electron chi connectivity index (χ0n) is 9.74. The molecule has 0 bridgehead atoms. The van der Waals surface area contributed by atoms with Gasteiger partial charge in [-0.1, -0.05) is 13.3 Å². The van der Waals surface area contributed by atoms with E-state index in [1.807, 2.05) is 4.90 Å². The van der Waals surface area contributed by atoms with Crippen molar-refractivity contribution in [2.75, 3.05) is 19.7 Å². The van der Waals surface area contributed by atoms with Crippen LogP contribution in [-0.4, -0.2) is 36.6 Å². The van der Waals surface area contributed by atoms with Crippen LogP contribution in [-0.2, 0) is 4.74 Å². The van der Waals surface area contributed by atoms with Crippen molar-refractivity contribution in [1.82, 2.24) is 4.90 Å². The van der Waals surface area contributed by atoms with Gasteiger partial charge in [-0.25, -0.2) is 5.41 Å². The molecule has 1 saturated heterocycles. The van der Waals surface area contributed by atoms with Crippen molar-refractivity contribution in [2.24, 2.45) is 10.7 Å². The molecule has 0 aliphatic carbocycles. The van der Waals surface area contributed by atoms with Crippen LogP contribution in [0.4, 0.5) is 0 Å². The number of aliphatic imine (C=N–C) groups is 1. The Balaban J connectivity index is 0.00000225. The second kappa shape index (κ2) is 8.21. The standard InChI is InChI=1S/C10H20N4O.ClH/c1-2-3-8-15-10(12)13-9(11)14-6-4-5-7-14;/h2-8H2,1H3,(H3,11,12,13);1H. The Morgan fingerprint density at radius 1 is 1.44 bits per heavy atom. The second-order valence-electron chi connectivity index (χ2n) is 3.67. The minimum absolute atomic E-state index is 0. The Kier molecular flexibility index (Phi) is 7.72. The summed E-state index contributed by atoms with van der Waals surface area (Å²) in [5.74, 6) is 0.411. The lowest BCUT2D eigenvalue weighted by Crippen LogP contribution is -2.35. The molecular weight excluding hydrogens is 228 g/mol. The van der Waals surface area contributed by atoms with Crippen molar-refractivity contribution in [3.63, 3.8) is 0 Å². The summed E-state index contributed by atoms with van der Waals surface area (Å²) < 4.78 is 5.10. The van der Waals surface area contributed by atoms with E-state index >= 15 is 0 Å². The first kappa shape index (κ1) is 15.0. The van der Waals surface area contributed by atoms with Gasteiger partial charge in [0, 0.05) is 13.1 Å². The summed E-state index contributed by atoms with van der Waals surface area (Å²) in [4.78, 5) is 5.90. The molecule has 0 atom stereocenters. The maximum atomic E-state index is 7.45. The third kappa shape index (κ3) is 5.21. The largest absolute Gasteiger partial charge is 0.464 e. The fourth-order valence-corrected chi connectivity index (χ4v) is 1.47. The van der Waals surface area contributed by atoms with Gasteiger partial charge < -0.3 is 15.4 Å². The molecule has 0 saturated carbocycles. The quantitative estimate of drug-likeness (QED) is 0.452. The Labute approximate surface area is 103 Å². The van der Waals surface area contributed by atoms with Gasteiger partial charge in [-0.3, -0.25) is 0 Å². The van der Waals surface area contributed by atoms with Gasteiger partial charge in [0.1, 0.15) is 0 Å². The van der Waals surface area contributed by atoms with Crippen LogP contribution in [0.2, 0.25) is 0 Å². The minimum atomic E-state index is -0.0761. The number of nitrogens with two attached hydrogens (primary N) is 1. The van der Waals surface area contributed by atoms with Crippen LogP contribution >= 0.6 is 12.4 Å². The molecule has 6 heteroatoms. The van der Waals surface area contributed by atoms with Gasteiger partial charge in [0.2, 0.25) is 5.96 Å². The van der Waals surface area contributed by atoms with Crippen molar-refractivity contribution in [3.05, 3.63) is 0 Å². The lowest BCUT2D eigenvalue weighted by molar-refractivity contribution is 0.289. The fourth-order valence-electron chi connectivity index (χ4n) is 1.47. The monoisotopic (exact) mass is 248 g/mol. The van der Waals surface area contributed by atoms with Crippen molar-refractivity contribution in [3.8, 4) is 0 Å². The molecule has 0 unspecified atom stereocenters. The lowest BCUT2D eigenvalue weighted by Gasteiger charge is -2.15. The summed E-state index contributed by atoms with van der Waals surface area (Å²) in [6.45, 7) is 4.51. The molecule has 1 rings (SSSR count). The number of nitrogens with zero attached hydrogens (tertiary/aromatic N) is 2. The predicted molar refractivity (Wildman–Crippen MR) is 68.3 cm³/mol. The van der Waals surface area contributed by atoms with E-state index in [2.05, 4.69) is 11.9 Å². The van der Waals surface area contributed by atoms with E-state index < -0.39 is 0 Å². The number of nitrogens with one attached hydrogen (secondary N) is 1. The SMILES string of the molecule is CCCCOC(=N)/N=C(\N)N1CCCC1.Cl. The molecular formula is C10H21ClN4O. The zero-order valence-corrected chi connectivity index (χ0v) is 10.6. The number of hydrogen-bond donors (Lipinski definition) is 2. The molecule has 94 valence electrons. The number of hydrogen-bond acceptors (Lipinski definition) is 2. The molecule has 1 fully saturated rings. The number of halogens is 1. The third-order valence-corrected chi connectivity index (χ3v) is 2.38. The van der Waals surface area contributed by atoms with Gasteiger partial charge >= 0.3 is 6.02 Å². The average Bonchev–Trinajstić information content (AvgIpc) is 2.70. The molecule has 3 N–H and O–H groups in total. The Bertz CT molecular complexity index is 239. The number of amidine groups is 1. The lowest BCUT2D eigenvalue weighted by atomic mass is 10.4. The Morgan fingerprint density at radius 3 is 2.62 bits per heavy atom. The molecule has 0 aromatic heterocycles. The molecule has 0 aromatic carbocycles. The van der Waals surface area contributed by atoms with Gasteiger partial charge in [-0.05, 0) is 19.3 Å². The maximum absolute atomic E-state index is 7.45. The highest BCUT2D eigenvalue weighted by molar-refractivity contribution is 5.90. The highest BCUT2D eigenvalue weighted by atomic mass is 35.5.